The van der Waals surface area contributed by atoms with Gasteiger partial charge in [-0.1, -0.05) is 62.1 Å². The molecule has 0 atom stereocenters. The lowest BCUT2D eigenvalue weighted by Crippen LogP contribution is -2.34. The molecule has 0 aliphatic rings. The molecule has 25 heavy (non-hydrogen) atoms. The molecule has 2 heteroatoms. The molecule has 0 N–H and O–H groups in total. The van der Waals surface area contributed by atoms with Gasteiger partial charge in [-0.25, -0.2) is 0 Å². The summed E-state index contributed by atoms with van der Waals surface area (Å²) in [5.41, 5.74) is 5.13. The number of hydrogen-bond donors (Lipinski definition) is 0. The second kappa shape index (κ2) is 8.23. The maximum Gasteiger partial charge on any atom is 0.245 e. The first-order chi connectivity index (χ1) is 11.9. The van der Waals surface area contributed by atoms with Gasteiger partial charge in [-0.3, -0.25) is 0 Å². The summed E-state index contributed by atoms with van der Waals surface area (Å²) in [6.07, 6.45) is 8.01. The molecule has 0 fully saturated rings. The van der Waals surface area contributed by atoms with Crippen molar-refractivity contribution in [3.05, 3.63) is 71.3 Å². The van der Waals surface area contributed by atoms with Gasteiger partial charge in [0.15, 0.2) is 0 Å². The Labute approximate surface area is 153 Å². The summed E-state index contributed by atoms with van der Waals surface area (Å²) < 4.78 is 6.51. The number of benzene rings is 2. The van der Waals surface area contributed by atoms with Crippen molar-refractivity contribution in [3.8, 4) is 18.1 Å². The van der Waals surface area contributed by atoms with Gasteiger partial charge in [0, 0.05) is 11.1 Å². The van der Waals surface area contributed by atoms with Crippen LogP contribution >= 0.6 is 0 Å². The van der Waals surface area contributed by atoms with Crippen LogP contribution in [0.1, 0.15) is 42.0 Å². The van der Waals surface area contributed by atoms with Crippen molar-refractivity contribution in [1.82, 2.24) is 0 Å². The van der Waals surface area contributed by atoms with E-state index in [4.69, 9.17) is 10.8 Å². The quantitative estimate of drug-likeness (QED) is 0.414. The van der Waals surface area contributed by atoms with Gasteiger partial charge in [0.2, 0.25) is 8.32 Å². The first-order valence-electron chi connectivity index (χ1n) is 8.92. The monoisotopic (exact) mass is 348 g/mol. The third-order valence-electron chi connectivity index (χ3n) is 4.39. The van der Waals surface area contributed by atoms with Crippen LogP contribution in [0.15, 0.2) is 49.0 Å². The van der Waals surface area contributed by atoms with E-state index in [-0.39, 0.29) is 0 Å². The van der Waals surface area contributed by atoms with Crippen molar-refractivity contribution in [1.29, 1.82) is 0 Å². The van der Waals surface area contributed by atoms with Crippen molar-refractivity contribution < 1.29 is 4.43 Å². The minimum absolute atomic E-state index is 0.851. The number of terminal acetylenes is 1. The molecule has 0 bridgehead atoms. The number of aryl methyl sites for hydroxylation is 1. The third-order valence-corrected chi connectivity index (χ3v) is 6.72. The smallest absolute Gasteiger partial charge is 0.245 e. The van der Waals surface area contributed by atoms with E-state index in [2.05, 4.69) is 63.7 Å². The van der Waals surface area contributed by atoms with E-state index in [0.29, 0.717) is 0 Å². The molecule has 0 saturated carbocycles. The van der Waals surface area contributed by atoms with Crippen LogP contribution in [0.5, 0.6) is 5.75 Å². The maximum absolute atomic E-state index is 6.51. The molecule has 0 aromatic heterocycles. The fourth-order valence-electron chi connectivity index (χ4n) is 2.81. The van der Waals surface area contributed by atoms with E-state index in [1.54, 1.807) is 0 Å². The topological polar surface area (TPSA) is 9.23 Å². The van der Waals surface area contributed by atoms with E-state index in [9.17, 15) is 0 Å². The predicted octanol–water partition coefficient (Wildman–Crippen LogP) is 6.42. The van der Waals surface area contributed by atoms with Crippen molar-refractivity contribution in [2.75, 3.05) is 0 Å². The third kappa shape index (κ3) is 5.11. The van der Waals surface area contributed by atoms with E-state index in [1.165, 1.54) is 18.4 Å². The fourth-order valence-corrected chi connectivity index (χ4v) is 4.89. The van der Waals surface area contributed by atoms with Gasteiger partial charge in [-0.05, 0) is 55.4 Å². The summed E-state index contributed by atoms with van der Waals surface area (Å²) in [5.74, 6) is 3.62. The van der Waals surface area contributed by atoms with Crippen LogP contribution in [-0.4, -0.2) is 8.32 Å². The Balaban J connectivity index is 2.39. The van der Waals surface area contributed by atoms with Crippen LogP contribution in [0.2, 0.25) is 19.1 Å². The summed E-state index contributed by atoms with van der Waals surface area (Å²) in [7, 11) is -1.77. The highest BCUT2D eigenvalue weighted by atomic mass is 28.4. The van der Waals surface area contributed by atoms with E-state index >= 15 is 0 Å². The molecular formula is C23H28OSi. The van der Waals surface area contributed by atoms with Crippen LogP contribution < -0.4 is 4.43 Å². The molecule has 0 aliphatic heterocycles. The molecule has 0 heterocycles. The molecule has 1 nitrogen and oxygen atoms in total. The Kier molecular flexibility index (Phi) is 6.28. The standard InChI is InChI=1S/C23H28OSi/c1-7-9-16-25(5,6)24-23-15-12-20(8-2)17-22(23)19(4)21-13-10-18(3)11-14-21/h2,10-15,17H,4,7,9,16H2,1,3,5-6H3. The van der Waals surface area contributed by atoms with Crippen molar-refractivity contribution in [2.24, 2.45) is 0 Å². The zero-order chi connectivity index (χ0) is 18.4. The molecule has 0 aliphatic carbocycles. The Bertz CT molecular complexity index is 779. The number of unbranched alkanes of at least 4 members (excludes halogenated alkanes) is 1. The molecule has 2 aromatic carbocycles. The van der Waals surface area contributed by atoms with Crippen LogP contribution in [0.25, 0.3) is 5.57 Å². The SMILES string of the molecule is C#Cc1ccc(O[Si](C)(C)CCCC)c(C(=C)c2ccc(C)cc2)c1. The first-order valence-corrected chi connectivity index (χ1v) is 12.0. The normalized spacial score (nSPS) is 11.0. The highest BCUT2D eigenvalue weighted by Gasteiger charge is 2.25. The average Bonchev–Trinajstić information content (AvgIpc) is 2.60. The maximum atomic E-state index is 6.51. The van der Waals surface area contributed by atoms with E-state index < -0.39 is 8.32 Å². The van der Waals surface area contributed by atoms with Crippen LogP contribution in [0, 0.1) is 19.3 Å². The Morgan fingerprint density at radius 2 is 1.84 bits per heavy atom. The number of hydrogen-bond acceptors (Lipinski definition) is 1. The first kappa shape index (κ1) is 19.1. The second-order valence-electron chi connectivity index (χ2n) is 7.17. The molecular weight excluding hydrogens is 320 g/mol. The van der Waals surface area contributed by atoms with Gasteiger partial charge < -0.3 is 4.43 Å². The van der Waals surface area contributed by atoms with Crippen molar-refractivity contribution in [3.63, 3.8) is 0 Å². The highest BCUT2D eigenvalue weighted by molar-refractivity contribution is 6.71. The van der Waals surface area contributed by atoms with Gasteiger partial charge in [-0.2, -0.15) is 0 Å². The van der Waals surface area contributed by atoms with Gasteiger partial charge in [0.25, 0.3) is 0 Å². The molecule has 0 amide bonds. The minimum atomic E-state index is -1.77. The van der Waals surface area contributed by atoms with Crippen LogP contribution in [0.4, 0.5) is 0 Å². The van der Waals surface area contributed by atoms with Gasteiger partial charge in [0.05, 0.1) is 0 Å². The molecule has 2 aromatic rings. The Hall–Kier alpha value is -2.24. The number of rotatable bonds is 7. The summed E-state index contributed by atoms with van der Waals surface area (Å²) in [4.78, 5) is 0. The largest absolute Gasteiger partial charge is 0.544 e. The molecule has 130 valence electrons. The van der Waals surface area contributed by atoms with Gasteiger partial charge in [0.1, 0.15) is 5.75 Å². The lowest BCUT2D eigenvalue weighted by molar-refractivity contribution is 0.540. The van der Waals surface area contributed by atoms with Crippen LogP contribution in [0.3, 0.4) is 0 Å². The average molecular weight is 349 g/mol. The molecule has 0 unspecified atom stereocenters. The summed E-state index contributed by atoms with van der Waals surface area (Å²) >= 11 is 0. The summed E-state index contributed by atoms with van der Waals surface area (Å²) in [6, 6.07) is 15.5. The zero-order valence-electron chi connectivity index (χ0n) is 15.9. The fraction of sp³-hybridized carbons (Fsp3) is 0.304. The second-order valence-corrected chi connectivity index (χ2v) is 11.4. The zero-order valence-corrected chi connectivity index (χ0v) is 16.9. The summed E-state index contributed by atoms with van der Waals surface area (Å²) in [6.45, 7) is 13.2. The Morgan fingerprint density at radius 3 is 2.44 bits per heavy atom. The van der Waals surface area contributed by atoms with Crippen molar-refractivity contribution >= 4 is 13.9 Å². The molecule has 0 radical (unpaired) electrons. The molecule has 2 rings (SSSR count). The van der Waals surface area contributed by atoms with Crippen molar-refractivity contribution in [2.45, 2.75) is 45.8 Å². The lowest BCUT2D eigenvalue weighted by atomic mass is 9.96. The van der Waals surface area contributed by atoms with Gasteiger partial charge >= 0.3 is 0 Å². The van der Waals surface area contributed by atoms with E-state index in [0.717, 1.165) is 34.1 Å². The molecule has 0 spiro atoms. The highest BCUT2D eigenvalue weighted by Crippen LogP contribution is 2.33. The Morgan fingerprint density at radius 1 is 1.16 bits per heavy atom. The van der Waals surface area contributed by atoms with E-state index in [1.807, 2.05) is 18.2 Å². The lowest BCUT2D eigenvalue weighted by Gasteiger charge is -2.26. The minimum Gasteiger partial charge on any atom is -0.544 e. The molecule has 0 saturated heterocycles. The van der Waals surface area contributed by atoms with Crippen LogP contribution in [-0.2, 0) is 0 Å². The predicted molar refractivity (Wildman–Crippen MR) is 112 cm³/mol. The summed E-state index contributed by atoms with van der Waals surface area (Å²) in [5, 5.41) is 0. The van der Waals surface area contributed by atoms with Gasteiger partial charge in [-0.15, -0.1) is 6.42 Å².